The van der Waals surface area contributed by atoms with Crippen LogP contribution < -0.4 is 5.73 Å². The molecular weight excluding hydrogens is 266 g/mol. The molecule has 0 aliphatic rings. The number of halogens is 2. The Kier molecular flexibility index (Phi) is 3.97. The third-order valence-electron chi connectivity index (χ3n) is 2.85. The minimum atomic E-state index is -0.934. The van der Waals surface area contributed by atoms with Crippen molar-refractivity contribution in [2.45, 2.75) is 13.5 Å². The first-order valence-electron chi connectivity index (χ1n) is 6.05. The van der Waals surface area contributed by atoms with Gasteiger partial charge in [0.2, 0.25) is 0 Å². The number of carbonyl (C=O) groups is 1. The smallest absolute Gasteiger partial charge is 0.272 e. The maximum atomic E-state index is 13.1. The number of carbonyl (C=O) groups excluding carboxylic acids is 1. The molecule has 0 atom stereocenters. The van der Waals surface area contributed by atoms with E-state index in [2.05, 4.69) is 10.2 Å². The fourth-order valence-corrected chi connectivity index (χ4v) is 1.80. The van der Waals surface area contributed by atoms with Crippen LogP contribution in [0.5, 0.6) is 0 Å². The van der Waals surface area contributed by atoms with Gasteiger partial charge in [-0.2, -0.15) is 5.10 Å². The fraction of sp³-hybridized carbons (Fsp3) is 0.231. The lowest BCUT2D eigenvalue weighted by Crippen LogP contribution is -2.30. The van der Waals surface area contributed by atoms with Crippen LogP contribution in [0.4, 0.5) is 14.6 Å². The van der Waals surface area contributed by atoms with Crippen molar-refractivity contribution in [3.63, 3.8) is 0 Å². The number of hydrogen-bond acceptors (Lipinski definition) is 3. The number of aromatic amines is 1. The lowest BCUT2D eigenvalue weighted by Gasteiger charge is -2.20. The molecule has 0 saturated carbocycles. The Hall–Kier alpha value is -2.44. The summed E-state index contributed by atoms with van der Waals surface area (Å²) >= 11 is 0. The van der Waals surface area contributed by atoms with Crippen molar-refractivity contribution < 1.29 is 13.6 Å². The van der Waals surface area contributed by atoms with Crippen LogP contribution in [0.25, 0.3) is 0 Å². The highest BCUT2D eigenvalue weighted by atomic mass is 19.2. The van der Waals surface area contributed by atoms with Gasteiger partial charge in [0.1, 0.15) is 11.5 Å². The predicted octanol–water partition coefficient (Wildman–Crippen LogP) is 1.93. The summed E-state index contributed by atoms with van der Waals surface area (Å²) in [6, 6.07) is 4.98. The van der Waals surface area contributed by atoms with Crippen LogP contribution in [-0.2, 0) is 6.54 Å². The van der Waals surface area contributed by atoms with Gasteiger partial charge >= 0.3 is 0 Å². The van der Waals surface area contributed by atoms with E-state index < -0.39 is 11.6 Å². The van der Waals surface area contributed by atoms with Crippen LogP contribution in [0.1, 0.15) is 23.0 Å². The van der Waals surface area contributed by atoms with Crippen LogP contribution in [-0.4, -0.2) is 27.5 Å². The monoisotopic (exact) mass is 280 g/mol. The second-order valence-corrected chi connectivity index (χ2v) is 4.27. The zero-order chi connectivity index (χ0) is 14.7. The molecule has 1 aromatic heterocycles. The highest BCUT2D eigenvalue weighted by Crippen LogP contribution is 2.13. The summed E-state index contributed by atoms with van der Waals surface area (Å²) < 4.78 is 26.0. The Morgan fingerprint density at radius 2 is 2.10 bits per heavy atom. The molecule has 0 bridgehead atoms. The van der Waals surface area contributed by atoms with Crippen molar-refractivity contribution in [3.8, 4) is 0 Å². The minimum Gasteiger partial charge on any atom is -0.382 e. The van der Waals surface area contributed by atoms with Gasteiger partial charge in [0.25, 0.3) is 5.91 Å². The van der Waals surface area contributed by atoms with E-state index in [-0.39, 0.29) is 24.0 Å². The van der Waals surface area contributed by atoms with Gasteiger partial charge in [0.15, 0.2) is 11.6 Å². The number of rotatable bonds is 4. The number of aromatic nitrogens is 2. The summed E-state index contributed by atoms with van der Waals surface area (Å²) in [5.41, 5.74) is 6.21. The molecule has 0 radical (unpaired) electrons. The number of nitrogens with zero attached hydrogens (tertiary/aromatic N) is 2. The lowest BCUT2D eigenvalue weighted by molar-refractivity contribution is 0.0746. The van der Waals surface area contributed by atoms with E-state index in [9.17, 15) is 13.6 Å². The normalized spacial score (nSPS) is 10.6. The average Bonchev–Trinajstić information content (AvgIpc) is 2.86. The molecule has 7 heteroatoms. The van der Waals surface area contributed by atoms with Gasteiger partial charge in [0.05, 0.1) is 0 Å². The molecule has 1 heterocycles. The van der Waals surface area contributed by atoms with Crippen LogP contribution in [0.3, 0.4) is 0 Å². The van der Waals surface area contributed by atoms with Crippen LogP contribution >= 0.6 is 0 Å². The number of anilines is 1. The summed E-state index contributed by atoms with van der Waals surface area (Å²) in [7, 11) is 0. The van der Waals surface area contributed by atoms with Gasteiger partial charge in [-0.1, -0.05) is 6.07 Å². The predicted molar refractivity (Wildman–Crippen MR) is 69.8 cm³/mol. The van der Waals surface area contributed by atoms with E-state index >= 15 is 0 Å². The van der Waals surface area contributed by atoms with Crippen LogP contribution in [0.15, 0.2) is 24.3 Å². The molecule has 0 fully saturated rings. The average molecular weight is 280 g/mol. The molecule has 2 rings (SSSR count). The number of nitrogen functional groups attached to an aromatic ring is 1. The van der Waals surface area contributed by atoms with Gasteiger partial charge in [-0.15, -0.1) is 0 Å². The summed E-state index contributed by atoms with van der Waals surface area (Å²) in [6.07, 6.45) is 0. The van der Waals surface area contributed by atoms with Gasteiger partial charge in [-0.05, 0) is 24.6 Å². The molecule has 0 saturated heterocycles. The number of nitrogens with one attached hydrogen (secondary N) is 1. The van der Waals surface area contributed by atoms with E-state index in [1.807, 2.05) is 0 Å². The zero-order valence-electron chi connectivity index (χ0n) is 10.9. The molecule has 3 N–H and O–H groups in total. The van der Waals surface area contributed by atoms with E-state index in [1.54, 1.807) is 6.92 Å². The third kappa shape index (κ3) is 2.93. The van der Waals surface area contributed by atoms with E-state index in [1.165, 1.54) is 17.0 Å². The Bertz CT molecular complexity index is 627. The Labute approximate surface area is 114 Å². The molecule has 1 aromatic carbocycles. The molecule has 0 unspecified atom stereocenters. The van der Waals surface area contributed by atoms with Crippen molar-refractivity contribution >= 4 is 11.7 Å². The molecule has 106 valence electrons. The fourth-order valence-electron chi connectivity index (χ4n) is 1.80. The molecule has 0 spiro atoms. The lowest BCUT2D eigenvalue weighted by atomic mass is 10.2. The first-order valence-corrected chi connectivity index (χ1v) is 6.05. The molecular formula is C13H14F2N4O. The summed E-state index contributed by atoms with van der Waals surface area (Å²) in [4.78, 5) is 13.6. The van der Waals surface area contributed by atoms with Crippen molar-refractivity contribution in [3.05, 3.63) is 47.2 Å². The first kappa shape index (κ1) is 14.0. The molecule has 0 aliphatic heterocycles. The number of hydrogen-bond donors (Lipinski definition) is 2. The largest absolute Gasteiger partial charge is 0.382 e. The maximum Gasteiger partial charge on any atom is 0.272 e. The van der Waals surface area contributed by atoms with Gasteiger partial charge in [-0.25, -0.2) is 8.78 Å². The second kappa shape index (κ2) is 5.68. The number of amides is 1. The molecule has 0 aliphatic carbocycles. The number of H-pyrrole nitrogens is 1. The third-order valence-corrected chi connectivity index (χ3v) is 2.85. The topological polar surface area (TPSA) is 75.0 Å². The molecule has 1 amide bonds. The number of benzene rings is 1. The second-order valence-electron chi connectivity index (χ2n) is 4.27. The Morgan fingerprint density at radius 1 is 1.35 bits per heavy atom. The summed E-state index contributed by atoms with van der Waals surface area (Å²) in [5, 5.41) is 6.21. The SMILES string of the molecule is CCN(Cc1ccc(F)c(F)c1)C(=O)c1cc(N)n[nH]1. The summed E-state index contributed by atoms with van der Waals surface area (Å²) in [6.45, 7) is 2.37. The number of nitrogens with two attached hydrogens (primary N) is 1. The van der Waals surface area contributed by atoms with E-state index in [4.69, 9.17) is 5.73 Å². The van der Waals surface area contributed by atoms with E-state index in [0.717, 1.165) is 12.1 Å². The standard InChI is InChI=1S/C13H14F2N4O/c1-2-19(13(20)11-6-12(16)18-17-11)7-8-3-4-9(14)10(15)5-8/h3-6H,2,7H2,1H3,(H3,16,17,18). The highest BCUT2D eigenvalue weighted by Gasteiger charge is 2.17. The highest BCUT2D eigenvalue weighted by molar-refractivity contribution is 5.92. The zero-order valence-corrected chi connectivity index (χ0v) is 10.9. The Morgan fingerprint density at radius 3 is 2.65 bits per heavy atom. The molecule has 2 aromatic rings. The van der Waals surface area contributed by atoms with Crippen LogP contribution in [0, 0.1) is 11.6 Å². The maximum absolute atomic E-state index is 13.1. The minimum absolute atomic E-state index is 0.172. The van der Waals surface area contributed by atoms with E-state index in [0.29, 0.717) is 12.1 Å². The van der Waals surface area contributed by atoms with Gasteiger partial charge < -0.3 is 10.6 Å². The van der Waals surface area contributed by atoms with Crippen molar-refractivity contribution in [2.24, 2.45) is 0 Å². The van der Waals surface area contributed by atoms with Gasteiger partial charge in [-0.3, -0.25) is 9.89 Å². The van der Waals surface area contributed by atoms with Crippen molar-refractivity contribution in [1.29, 1.82) is 0 Å². The quantitative estimate of drug-likeness (QED) is 0.898. The Balaban J connectivity index is 2.16. The molecule has 20 heavy (non-hydrogen) atoms. The van der Waals surface area contributed by atoms with Crippen LogP contribution in [0.2, 0.25) is 0 Å². The molecule has 5 nitrogen and oxygen atoms in total. The van der Waals surface area contributed by atoms with Crippen molar-refractivity contribution in [1.82, 2.24) is 15.1 Å². The first-order chi connectivity index (χ1) is 9.51. The van der Waals surface area contributed by atoms with Gasteiger partial charge in [0, 0.05) is 19.2 Å². The van der Waals surface area contributed by atoms with Crippen molar-refractivity contribution in [2.75, 3.05) is 12.3 Å². The summed E-state index contributed by atoms with van der Waals surface area (Å²) in [5.74, 6) is -1.93.